The van der Waals surface area contributed by atoms with Crippen molar-refractivity contribution in [1.82, 2.24) is 9.29 Å². The number of hydrogen-bond donors (Lipinski definition) is 1. The maximum absolute atomic E-state index is 13.1. The van der Waals surface area contributed by atoms with Crippen LogP contribution in [0.2, 0.25) is 0 Å². The highest BCUT2D eigenvalue weighted by molar-refractivity contribution is 7.89. The molecule has 0 saturated carbocycles. The summed E-state index contributed by atoms with van der Waals surface area (Å²) in [5, 5.41) is 5.60. The number of sulfonamides is 1. The first-order chi connectivity index (χ1) is 15.4. The summed E-state index contributed by atoms with van der Waals surface area (Å²) in [5.74, 6) is 0.328. The van der Waals surface area contributed by atoms with Crippen molar-refractivity contribution in [1.29, 1.82) is 0 Å². The molecule has 1 amide bonds. The molecule has 8 heteroatoms. The number of rotatable bonds is 7. The highest BCUT2D eigenvalue weighted by Crippen LogP contribution is 2.27. The van der Waals surface area contributed by atoms with Crippen LogP contribution in [0, 0.1) is 12.8 Å². The standard InChI is InChI=1S/C24H27N3O3S2/c1-18-25-22(17-31-18)16-24(28)26-21-7-9-23(10-8-21)32(29,30)27-13-11-20(12-14-27)15-19-5-3-2-4-6-19/h2-10,17,20H,11-16H2,1H3,(H,26,28). The van der Waals surface area contributed by atoms with Gasteiger partial charge in [-0.3, -0.25) is 4.79 Å². The average molecular weight is 470 g/mol. The molecule has 1 saturated heterocycles. The fraction of sp³-hybridized carbons (Fsp3) is 0.333. The molecule has 0 unspecified atom stereocenters. The van der Waals surface area contributed by atoms with Gasteiger partial charge in [-0.1, -0.05) is 30.3 Å². The number of nitrogens with one attached hydrogen (secondary N) is 1. The van der Waals surface area contributed by atoms with Crippen molar-refractivity contribution in [2.75, 3.05) is 18.4 Å². The van der Waals surface area contributed by atoms with Gasteiger partial charge in [-0.05, 0) is 61.9 Å². The topological polar surface area (TPSA) is 79.4 Å². The third-order valence-corrected chi connectivity index (χ3v) is 8.46. The van der Waals surface area contributed by atoms with Gasteiger partial charge < -0.3 is 5.32 Å². The van der Waals surface area contributed by atoms with E-state index in [1.807, 2.05) is 30.5 Å². The fourth-order valence-corrected chi connectivity index (χ4v) is 6.10. The fourth-order valence-electron chi connectivity index (χ4n) is 4.02. The number of aromatic nitrogens is 1. The Balaban J connectivity index is 1.32. The number of anilines is 1. The number of carbonyl (C=O) groups is 1. The van der Waals surface area contributed by atoms with Crippen molar-refractivity contribution >= 4 is 33.0 Å². The van der Waals surface area contributed by atoms with E-state index in [9.17, 15) is 13.2 Å². The zero-order valence-corrected chi connectivity index (χ0v) is 19.7. The van der Waals surface area contributed by atoms with Gasteiger partial charge in [-0.15, -0.1) is 11.3 Å². The number of thiazole rings is 1. The molecular weight excluding hydrogens is 442 g/mol. The number of hydrogen-bond acceptors (Lipinski definition) is 5. The maximum Gasteiger partial charge on any atom is 0.243 e. The predicted octanol–water partition coefficient (Wildman–Crippen LogP) is 4.28. The van der Waals surface area contributed by atoms with Crippen LogP contribution in [0.4, 0.5) is 5.69 Å². The molecule has 4 rings (SSSR count). The van der Waals surface area contributed by atoms with Gasteiger partial charge >= 0.3 is 0 Å². The van der Waals surface area contributed by atoms with Gasteiger partial charge in [0.15, 0.2) is 0 Å². The molecule has 0 radical (unpaired) electrons. The molecule has 32 heavy (non-hydrogen) atoms. The van der Waals surface area contributed by atoms with E-state index >= 15 is 0 Å². The van der Waals surface area contributed by atoms with Crippen molar-refractivity contribution < 1.29 is 13.2 Å². The Hall–Kier alpha value is -2.55. The summed E-state index contributed by atoms with van der Waals surface area (Å²) in [7, 11) is -3.54. The molecule has 0 bridgehead atoms. The second kappa shape index (κ2) is 9.94. The highest BCUT2D eigenvalue weighted by atomic mass is 32.2. The molecule has 168 valence electrons. The molecule has 2 aromatic carbocycles. The number of nitrogens with zero attached hydrogens (tertiary/aromatic N) is 2. The van der Waals surface area contributed by atoms with Gasteiger partial charge in [-0.2, -0.15) is 4.31 Å². The van der Waals surface area contributed by atoms with Gasteiger partial charge in [0.05, 0.1) is 22.0 Å². The van der Waals surface area contributed by atoms with Crippen LogP contribution < -0.4 is 5.32 Å². The van der Waals surface area contributed by atoms with Crippen molar-refractivity contribution in [2.45, 2.75) is 37.5 Å². The maximum atomic E-state index is 13.1. The normalized spacial score (nSPS) is 15.5. The molecule has 1 aromatic heterocycles. The number of aryl methyl sites for hydroxylation is 1. The zero-order valence-electron chi connectivity index (χ0n) is 18.0. The van der Waals surface area contributed by atoms with Crippen LogP contribution in [0.15, 0.2) is 64.9 Å². The van der Waals surface area contributed by atoms with Crippen molar-refractivity contribution in [3.63, 3.8) is 0 Å². The summed E-state index contributed by atoms with van der Waals surface area (Å²) in [5.41, 5.74) is 2.61. The SMILES string of the molecule is Cc1nc(CC(=O)Nc2ccc(S(=O)(=O)N3CCC(Cc4ccccc4)CC3)cc2)cs1. The molecule has 3 aromatic rings. The van der Waals surface area contributed by atoms with E-state index < -0.39 is 10.0 Å². The molecule has 0 atom stereocenters. The second-order valence-electron chi connectivity index (χ2n) is 8.14. The minimum Gasteiger partial charge on any atom is -0.326 e. The van der Waals surface area contributed by atoms with E-state index in [1.165, 1.54) is 16.9 Å². The average Bonchev–Trinajstić information content (AvgIpc) is 3.19. The predicted molar refractivity (Wildman–Crippen MR) is 127 cm³/mol. The lowest BCUT2D eigenvalue weighted by Gasteiger charge is -2.31. The van der Waals surface area contributed by atoms with Crippen LogP contribution in [0.3, 0.4) is 0 Å². The Labute approximate surface area is 193 Å². The highest BCUT2D eigenvalue weighted by Gasteiger charge is 2.29. The summed E-state index contributed by atoms with van der Waals surface area (Å²) in [4.78, 5) is 16.8. The molecule has 6 nitrogen and oxygen atoms in total. The Morgan fingerprint density at radius 3 is 2.41 bits per heavy atom. The van der Waals surface area contributed by atoms with E-state index in [-0.39, 0.29) is 17.2 Å². The number of benzene rings is 2. The molecule has 0 spiro atoms. The van der Waals surface area contributed by atoms with E-state index in [2.05, 4.69) is 22.4 Å². The summed E-state index contributed by atoms with van der Waals surface area (Å²) in [6.45, 7) is 2.97. The zero-order chi connectivity index (χ0) is 22.6. The quantitative estimate of drug-likeness (QED) is 0.560. The summed E-state index contributed by atoms with van der Waals surface area (Å²) >= 11 is 1.51. The van der Waals surface area contributed by atoms with Crippen LogP contribution in [0.1, 0.15) is 29.1 Å². The molecule has 0 aliphatic carbocycles. The van der Waals surface area contributed by atoms with Gasteiger partial charge in [-0.25, -0.2) is 13.4 Å². The minimum atomic E-state index is -3.54. The van der Waals surface area contributed by atoms with Crippen LogP contribution in [-0.2, 0) is 27.7 Å². The molecule has 1 aliphatic rings. The number of piperidine rings is 1. The lowest BCUT2D eigenvalue weighted by atomic mass is 9.91. The summed E-state index contributed by atoms with van der Waals surface area (Å²) in [6.07, 6.45) is 2.91. The van der Waals surface area contributed by atoms with E-state index in [0.29, 0.717) is 24.7 Å². The van der Waals surface area contributed by atoms with Gasteiger partial charge in [0.2, 0.25) is 15.9 Å². The molecule has 1 fully saturated rings. The van der Waals surface area contributed by atoms with Gasteiger partial charge in [0.25, 0.3) is 0 Å². The third-order valence-electron chi connectivity index (χ3n) is 5.72. The van der Waals surface area contributed by atoms with Crippen LogP contribution in [0.25, 0.3) is 0 Å². The Kier molecular flexibility index (Phi) is 7.03. The van der Waals surface area contributed by atoms with Gasteiger partial charge in [0, 0.05) is 24.2 Å². The molecule has 2 heterocycles. The number of carbonyl (C=O) groups excluding carboxylic acids is 1. The Morgan fingerprint density at radius 2 is 1.78 bits per heavy atom. The van der Waals surface area contributed by atoms with E-state index in [1.54, 1.807) is 28.6 Å². The minimum absolute atomic E-state index is 0.175. The van der Waals surface area contributed by atoms with Crippen LogP contribution >= 0.6 is 11.3 Å². The second-order valence-corrected chi connectivity index (χ2v) is 11.1. The lowest BCUT2D eigenvalue weighted by Crippen LogP contribution is -2.38. The van der Waals surface area contributed by atoms with Crippen molar-refractivity contribution in [2.24, 2.45) is 5.92 Å². The third kappa shape index (κ3) is 5.62. The van der Waals surface area contributed by atoms with E-state index in [0.717, 1.165) is 30.0 Å². The lowest BCUT2D eigenvalue weighted by molar-refractivity contribution is -0.115. The Bertz CT molecular complexity index is 1150. The smallest absolute Gasteiger partial charge is 0.243 e. The van der Waals surface area contributed by atoms with Crippen molar-refractivity contribution in [3.8, 4) is 0 Å². The Morgan fingerprint density at radius 1 is 1.09 bits per heavy atom. The largest absolute Gasteiger partial charge is 0.326 e. The van der Waals surface area contributed by atoms with Crippen LogP contribution in [-0.4, -0.2) is 36.7 Å². The molecule has 1 aliphatic heterocycles. The van der Waals surface area contributed by atoms with E-state index in [4.69, 9.17) is 0 Å². The number of amides is 1. The first-order valence-corrected chi connectivity index (χ1v) is 13.1. The first-order valence-electron chi connectivity index (χ1n) is 10.7. The molecule has 1 N–H and O–H groups in total. The monoisotopic (exact) mass is 469 g/mol. The first kappa shape index (κ1) is 22.6. The summed E-state index contributed by atoms with van der Waals surface area (Å²) < 4.78 is 27.7. The summed E-state index contributed by atoms with van der Waals surface area (Å²) in [6, 6.07) is 16.8. The van der Waals surface area contributed by atoms with Crippen LogP contribution in [0.5, 0.6) is 0 Å². The molecular formula is C24H27N3O3S2. The van der Waals surface area contributed by atoms with Gasteiger partial charge in [0.1, 0.15) is 0 Å². The van der Waals surface area contributed by atoms with Crippen molar-refractivity contribution in [3.05, 3.63) is 76.2 Å².